The number of anilines is 1. The van der Waals surface area contributed by atoms with Crippen LogP contribution in [-0.2, 0) is 7.05 Å². The highest BCUT2D eigenvalue weighted by Gasteiger charge is 2.18. The first-order chi connectivity index (χ1) is 9.24. The topological polar surface area (TPSA) is 61.7 Å². The second kappa shape index (κ2) is 4.61. The van der Waals surface area contributed by atoms with Gasteiger partial charge in [0.1, 0.15) is 6.04 Å². The molecular weight excluding hydrogens is 238 g/mol. The van der Waals surface area contributed by atoms with Gasteiger partial charge in [0, 0.05) is 25.0 Å². The minimum absolute atomic E-state index is 0.00722. The van der Waals surface area contributed by atoms with E-state index in [-0.39, 0.29) is 6.04 Å². The van der Waals surface area contributed by atoms with Crippen LogP contribution in [0.15, 0.2) is 55.1 Å². The molecule has 0 aliphatic rings. The lowest BCUT2D eigenvalue weighted by Crippen LogP contribution is -2.12. The highest BCUT2D eigenvalue weighted by Crippen LogP contribution is 2.26. The van der Waals surface area contributed by atoms with Crippen molar-refractivity contribution in [3.8, 4) is 0 Å². The van der Waals surface area contributed by atoms with Gasteiger partial charge in [-0.05, 0) is 5.56 Å². The fourth-order valence-electron chi connectivity index (χ4n) is 2.21. The van der Waals surface area contributed by atoms with Crippen molar-refractivity contribution in [2.75, 3.05) is 5.73 Å². The molecule has 96 valence electrons. The van der Waals surface area contributed by atoms with E-state index in [0.717, 1.165) is 11.1 Å². The normalized spacial score (nSPS) is 12.5. The van der Waals surface area contributed by atoms with Gasteiger partial charge in [-0.15, -0.1) is 0 Å². The summed E-state index contributed by atoms with van der Waals surface area (Å²) in [5.74, 6) is 0. The first kappa shape index (κ1) is 11.5. The van der Waals surface area contributed by atoms with Crippen LogP contribution in [0.5, 0.6) is 0 Å². The molecule has 3 aromatic rings. The Kier molecular flexibility index (Phi) is 2.79. The maximum absolute atomic E-state index is 5.77. The predicted octanol–water partition coefficient (Wildman–Crippen LogP) is 1.84. The molecule has 2 heterocycles. The zero-order valence-electron chi connectivity index (χ0n) is 10.6. The molecule has 0 bridgehead atoms. The van der Waals surface area contributed by atoms with Gasteiger partial charge in [-0.3, -0.25) is 9.36 Å². The van der Waals surface area contributed by atoms with Gasteiger partial charge in [-0.1, -0.05) is 30.3 Å². The van der Waals surface area contributed by atoms with Crippen LogP contribution in [0.2, 0.25) is 0 Å². The predicted molar refractivity (Wildman–Crippen MR) is 73.5 cm³/mol. The van der Waals surface area contributed by atoms with Crippen LogP contribution < -0.4 is 5.73 Å². The van der Waals surface area contributed by atoms with Crippen molar-refractivity contribution in [1.29, 1.82) is 0 Å². The van der Waals surface area contributed by atoms with Gasteiger partial charge in [-0.2, -0.15) is 10.2 Å². The van der Waals surface area contributed by atoms with E-state index >= 15 is 0 Å². The Morgan fingerprint density at radius 3 is 2.37 bits per heavy atom. The minimum Gasteiger partial charge on any atom is -0.396 e. The second-order valence-corrected chi connectivity index (χ2v) is 4.51. The second-order valence-electron chi connectivity index (χ2n) is 4.51. The molecular formula is C14H15N5. The molecule has 0 aliphatic carbocycles. The molecule has 1 atom stereocenters. The fraction of sp³-hybridized carbons (Fsp3) is 0.143. The third kappa shape index (κ3) is 2.22. The molecule has 1 unspecified atom stereocenters. The lowest BCUT2D eigenvalue weighted by molar-refractivity contribution is 0.595. The summed E-state index contributed by atoms with van der Waals surface area (Å²) < 4.78 is 3.65. The average Bonchev–Trinajstić information content (AvgIpc) is 3.01. The molecule has 0 amide bonds. The Morgan fingerprint density at radius 1 is 1.00 bits per heavy atom. The Labute approximate surface area is 111 Å². The highest BCUT2D eigenvalue weighted by atomic mass is 15.3. The summed E-state index contributed by atoms with van der Waals surface area (Å²) in [5.41, 5.74) is 8.66. The average molecular weight is 253 g/mol. The Hall–Kier alpha value is -2.56. The number of hydrogen-bond donors (Lipinski definition) is 1. The lowest BCUT2D eigenvalue weighted by Gasteiger charge is -2.16. The summed E-state index contributed by atoms with van der Waals surface area (Å²) in [5, 5.41) is 8.57. The quantitative estimate of drug-likeness (QED) is 0.774. The van der Waals surface area contributed by atoms with Gasteiger partial charge in [0.25, 0.3) is 0 Å². The smallest absolute Gasteiger partial charge is 0.105 e. The maximum Gasteiger partial charge on any atom is 0.105 e. The number of nitrogen functional groups attached to an aromatic ring is 1. The van der Waals surface area contributed by atoms with Crippen molar-refractivity contribution >= 4 is 5.69 Å². The summed E-state index contributed by atoms with van der Waals surface area (Å²) in [6, 6.07) is 10.2. The summed E-state index contributed by atoms with van der Waals surface area (Å²) >= 11 is 0. The summed E-state index contributed by atoms with van der Waals surface area (Å²) in [6.07, 6.45) is 7.35. The van der Waals surface area contributed by atoms with Crippen LogP contribution in [-0.4, -0.2) is 19.6 Å². The Morgan fingerprint density at radius 2 is 1.79 bits per heavy atom. The van der Waals surface area contributed by atoms with Crippen LogP contribution in [0.3, 0.4) is 0 Å². The van der Waals surface area contributed by atoms with Crippen molar-refractivity contribution in [2.24, 2.45) is 7.05 Å². The fourth-order valence-corrected chi connectivity index (χ4v) is 2.21. The van der Waals surface area contributed by atoms with Gasteiger partial charge in [0.05, 0.1) is 18.1 Å². The van der Waals surface area contributed by atoms with Crippen molar-refractivity contribution < 1.29 is 0 Å². The number of aromatic nitrogens is 4. The lowest BCUT2D eigenvalue weighted by atomic mass is 10.0. The summed E-state index contributed by atoms with van der Waals surface area (Å²) in [7, 11) is 1.91. The van der Waals surface area contributed by atoms with E-state index in [4.69, 9.17) is 5.73 Å². The number of aryl methyl sites for hydroxylation is 1. The molecule has 0 spiro atoms. The molecule has 0 saturated carbocycles. The zero-order chi connectivity index (χ0) is 13.2. The van der Waals surface area contributed by atoms with Crippen molar-refractivity contribution in [3.05, 3.63) is 66.2 Å². The highest BCUT2D eigenvalue weighted by molar-refractivity contribution is 5.35. The first-order valence-electron chi connectivity index (χ1n) is 6.07. The number of nitrogens with two attached hydrogens (primary N) is 1. The first-order valence-corrected chi connectivity index (χ1v) is 6.07. The van der Waals surface area contributed by atoms with E-state index in [0.29, 0.717) is 5.69 Å². The molecule has 0 saturated heterocycles. The molecule has 2 aromatic heterocycles. The monoisotopic (exact) mass is 253 g/mol. The SMILES string of the molecule is Cn1cc(C(c2ccccc2)n2cc(N)cn2)cn1. The van der Waals surface area contributed by atoms with Crippen LogP contribution >= 0.6 is 0 Å². The molecule has 5 nitrogen and oxygen atoms in total. The number of rotatable bonds is 3. The molecule has 1 aromatic carbocycles. The molecule has 0 aliphatic heterocycles. The van der Waals surface area contributed by atoms with Gasteiger partial charge in [0.15, 0.2) is 0 Å². The molecule has 0 fully saturated rings. The van der Waals surface area contributed by atoms with E-state index in [1.165, 1.54) is 0 Å². The van der Waals surface area contributed by atoms with E-state index in [2.05, 4.69) is 22.3 Å². The van der Waals surface area contributed by atoms with E-state index < -0.39 is 0 Å². The third-order valence-electron chi connectivity index (χ3n) is 3.04. The number of nitrogens with zero attached hydrogens (tertiary/aromatic N) is 4. The van der Waals surface area contributed by atoms with E-state index in [1.54, 1.807) is 10.9 Å². The number of benzene rings is 1. The summed E-state index contributed by atoms with van der Waals surface area (Å²) in [6.45, 7) is 0. The van der Waals surface area contributed by atoms with Crippen LogP contribution in [0, 0.1) is 0 Å². The Bertz CT molecular complexity index is 628. The Balaban J connectivity index is 2.11. The van der Waals surface area contributed by atoms with Crippen LogP contribution in [0.25, 0.3) is 0 Å². The van der Waals surface area contributed by atoms with E-state index in [1.807, 2.05) is 48.5 Å². The largest absolute Gasteiger partial charge is 0.396 e. The van der Waals surface area contributed by atoms with Gasteiger partial charge < -0.3 is 5.73 Å². The van der Waals surface area contributed by atoms with Crippen molar-refractivity contribution in [3.63, 3.8) is 0 Å². The van der Waals surface area contributed by atoms with Crippen molar-refractivity contribution in [2.45, 2.75) is 6.04 Å². The number of hydrogen-bond acceptors (Lipinski definition) is 3. The standard InChI is InChI=1S/C14H15N5/c1-18-9-12(7-16-18)14(11-5-3-2-4-6-11)19-10-13(15)8-17-19/h2-10,14H,15H2,1H3. The molecule has 3 rings (SSSR count). The molecule has 5 heteroatoms. The van der Waals surface area contributed by atoms with Gasteiger partial charge in [-0.25, -0.2) is 0 Å². The van der Waals surface area contributed by atoms with Crippen molar-refractivity contribution in [1.82, 2.24) is 19.6 Å². The molecule has 0 radical (unpaired) electrons. The maximum atomic E-state index is 5.77. The summed E-state index contributed by atoms with van der Waals surface area (Å²) in [4.78, 5) is 0. The molecule has 19 heavy (non-hydrogen) atoms. The molecule has 2 N–H and O–H groups in total. The zero-order valence-corrected chi connectivity index (χ0v) is 10.6. The van der Waals surface area contributed by atoms with Gasteiger partial charge >= 0.3 is 0 Å². The van der Waals surface area contributed by atoms with Gasteiger partial charge in [0.2, 0.25) is 0 Å². The van der Waals surface area contributed by atoms with Crippen LogP contribution in [0.1, 0.15) is 17.2 Å². The minimum atomic E-state index is -0.00722. The third-order valence-corrected chi connectivity index (χ3v) is 3.04. The van der Waals surface area contributed by atoms with E-state index in [9.17, 15) is 0 Å². The van der Waals surface area contributed by atoms with Crippen LogP contribution in [0.4, 0.5) is 5.69 Å².